The van der Waals surface area contributed by atoms with Crippen LogP contribution in [0.25, 0.3) is 0 Å². The van der Waals surface area contributed by atoms with E-state index in [0.717, 1.165) is 0 Å². The molecule has 1 heterocycles. The zero-order chi connectivity index (χ0) is 14.5. The van der Waals surface area contributed by atoms with Crippen LogP contribution in [0.3, 0.4) is 0 Å². The van der Waals surface area contributed by atoms with Crippen molar-refractivity contribution >= 4 is 17.6 Å². The largest absolute Gasteiger partial charge is 0.482 e. The summed E-state index contributed by atoms with van der Waals surface area (Å²) in [5.74, 6) is -0.607. The summed E-state index contributed by atoms with van der Waals surface area (Å²) in [6.07, 6.45) is 0. The van der Waals surface area contributed by atoms with Gasteiger partial charge in [-0.3, -0.25) is 4.79 Å². The fraction of sp³-hybridized carbons (Fsp3) is 0.154. The molecule has 20 heavy (non-hydrogen) atoms. The summed E-state index contributed by atoms with van der Waals surface area (Å²) in [4.78, 5) is 22.2. The maximum atomic E-state index is 11.8. The summed E-state index contributed by atoms with van der Waals surface area (Å²) in [6.45, 7) is 1.24. The van der Waals surface area contributed by atoms with Gasteiger partial charge < -0.3 is 19.7 Å². The van der Waals surface area contributed by atoms with Crippen LogP contribution in [-0.2, 0) is 4.79 Å². The van der Waals surface area contributed by atoms with E-state index in [1.54, 1.807) is 25.1 Å². The molecule has 0 aliphatic rings. The van der Waals surface area contributed by atoms with Crippen molar-refractivity contribution in [2.75, 3.05) is 11.9 Å². The number of rotatable bonds is 5. The molecule has 0 atom stereocenters. The van der Waals surface area contributed by atoms with Gasteiger partial charge in [0.05, 0.1) is 0 Å². The molecule has 104 valence electrons. The Hall–Kier alpha value is -2.83. The van der Waals surface area contributed by atoms with Crippen molar-refractivity contribution in [3.63, 3.8) is 0 Å². The highest BCUT2D eigenvalue weighted by molar-refractivity contribution is 6.02. The van der Waals surface area contributed by atoms with Crippen molar-refractivity contribution in [3.8, 4) is 5.75 Å². The van der Waals surface area contributed by atoms with Crippen molar-refractivity contribution < 1.29 is 24.0 Å². The van der Waals surface area contributed by atoms with Crippen LogP contribution in [0.4, 0.5) is 5.69 Å². The molecule has 0 saturated heterocycles. The molecule has 0 aliphatic heterocycles. The smallest absolute Gasteiger partial charge is 0.341 e. The second kappa shape index (κ2) is 5.87. The topological polar surface area (TPSA) is 102 Å². The number of hydrogen-bond donors (Lipinski definition) is 2. The number of benzene rings is 1. The molecule has 2 aromatic rings. The summed E-state index contributed by atoms with van der Waals surface area (Å²) >= 11 is 0. The molecule has 0 aliphatic carbocycles. The minimum absolute atomic E-state index is 0.166. The Labute approximate surface area is 114 Å². The van der Waals surface area contributed by atoms with Crippen molar-refractivity contribution in [1.82, 2.24) is 5.16 Å². The van der Waals surface area contributed by atoms with Crippen LogP contribution in [-0.4, -0.2) is 28.7 Å². The van der Waals surface area contributed by atoms with E-state index in [-0.39, 0.29) is 5.69 Å². The van der Waals surface area contributed by atoms with Crippen LogP contribution in [0.1, 0.15) is 16.2 Å². The van der Waals surface area contributed by atoms with Gasteiger partial charge in [0.2, 0.25) is 0 Å². The summed E-state index contributed by atoms with van der Waals surface area (Å²) in [5, 5.41) is 14.7. The molecule has 0 radical (unpaired) electrons. The highest BCUT2D eigenvalue weighted by Gasteiger charge is 2.11. The van der Waals surface area contributed by atoms with Gasteiger partial charge in [-0.1, -0.05) is 11.2 Å². The third-order valence-electron chi connectivity index (χ3n) is 2.31. The number of nitrogens with one attached hydrogen (secondary N) is 1. The van der Waals surface area contributed by atoms with E-state index in [2.05, 4.69) is 10.5 Å². The first-order valence-corrected chi connectivity index (χ1v) is 5.74. The maximum absolute atomic E-state index is 11.8. The van der Waals surface area contributed by atoms with E-state index in [0.29, 0.717) is 17.2 Å². The van der Waals surface area contributed by atoms with Crippen molar-refractivity contribution in [3.05, 3.63) is 41.8 Å². The molecule has 1 aromatic carbocycles. The van der Waals surface area contributed by atoms with E-state index < -0.39 is 18.5 Å². The lowest BCUT2D eigenvalue weighted by molar-refractivity contribution is -0.139. The van der Waals surface area contributed by atoms with E-state index in [1.165, 1.54) is 12.1 Å². The lowest BCUT2D eigenvalue weighted by Gasteiger charge is -2.06. The van der Waals surface area contributed by atoms with Gasteiger partial charge in [0, 0.05) is 17.8 Å². The molecule has 2 rings (SSSR count). The molecule has 0 bridgehead atoms. The maximum Gasteiger partial charge on any atom is 0.341 e. The lowest BCUT2D eigenvalue weighted by Crippen LogP contribution is -2.13. The Morgan fingerprint density at radius 1 is 1.40 bits per heavy atom. The molecule has 0 fully saturated rings. The van der Waals surface area contributed by atoms with Crippen LogP contribution < -0.4 is 10.1 Å². The van der Waals surface area contributed by atoms with Gasteiger partial charge in [-0.2, -0.15) is 0 Å². The predicted octanol–water partition coefficient (Wildman–Crippen LogP) is 1.70. The predicted molar refractivity (Wildman–Crippen MR) is 68.8 cm³/mol. The number of aromatic nitrogens is 1. The van der Waals surface area contributed by atoms with Gasteiger partial charge in [-0.15, -0.1) is 0 Å². The minimum atomic E-state index is -1.07. The molecule has 1 aromatic heterocycles. The highest BCUT2D eigenvalue weighted by atomic mass is 16.5. The van der Waals surface area contributed by atoms with E-state index >= 15 is 0 Å². The first-order chi connectivity index (χ1) is 9.54. The zero-order valence-corrected chi connectivity index (χ0v) is 10.6. The fourth-order valence-corrected chi connectivity index (χ4v) is 1.48. The Morgan fingerprint density at radius 2 is 2.20 bits per heavy atom. The number of hydrogen-bond acceptors (Lipinski definition) is 5. The zero-order valence-electron chi connectivity index (χ0n) is 10.6. The summed E-state index contributed by atoms with van der Waals surface area (Å²) in [5.41, 5.74) is 0.637. The molecule has 1 amide bonds. The van der Waals surface area contributed by atoms with Gasteiger partial charge in [0.15, 0.2) is 12.3 Å². The molecule has 0 unspecified atom stereocenters. The standard InChI is InChI=1S/C13H12N2O5/c1-8-5-11(15-20-8)13(18)14-9-3-2-4-10(6-9)19-7-12(16)17/h2-6H,7H2,1H3,(H,14,18)(H,16,17). The number of nitrogens with zero attached hydrogens (tertiary/aromatic N) is 1. The fourth-order valence-electron chi connectivity index (χ4n) is 1.48. The van der Waals surface area contributed by atoms with E-state index in [4.69, 9.17) is 14.4 Å². The molecule has 7 heteroatoms. The second-order valence-electron chi connectivity index (χ2n) is 3.99. The summed E-state index contributed by atoms with van der Waals surface area (Å²) < 4.78 is 9.83. The number of ether oxygens (including phenoxy) is 1. The van der Waals surface area contributed by atoms with E-state index in [1.807, 2.05) is 0 Å². The van der Waals surface area contributed by atoms with Crippen LogP contribution in [0.2, 0.25) is 0 Å². The van der Waals surface area contributed by atoms with E-state index in [9.17, 15) is 9.59 Å². The number of anilines is 1. The SMILES string of the molecule is Cc1cc(C(=O)Nc2cccc(OCC(=O)O)c2)no1. The number of aliphatic carboxylic acids is 1. The van der Waals surface area contributed by atoms with Gasteiger partial charge in [0.1, 0.15) is 11.5 Å². The number of carboxylic acid groups (broad SMARTS) is 1. The van der Waals surface area contributed by atoms with Crippen LogP contribution in [0.15, 0.2) is 34.9 Å². The molecule has 0 spiro atoms. The average Bonchev–Trinajstić information content (AvgIpc) is 2.84. The number of carboxylic acids is 1. The highest BCUT2D eigenvalue weighted by Crippen LogP contribution is 2.18. The average molecular weight is 276 g/mol. The number of amides is 1. The Balaban J connectivity index is 2.04. The van der Waals surface area contributed by atoms with Gasteiger partial charge in [0.25, 0.3) is 5.91 Å². The molecule has 2 N–H and O–H groups in total. The normalized spacial score (nSPS) is 10.1. The van der Waals surface area contributed by atoms with Crippen molar-refractivity contribution in [2.45, 2.75) is 6.92 Å². The summed E-state index contributed by atoms with van der Waals surface area (Å²) in [7, 11) is 0. The van der Waals surface area contributed by atoms with Crippen LogP contribution >= 0.6 is 0 Å². The molecular formula is C13H12N2O5. The third kappa shape index (κ3) is 3.58. The quantitative estimate of drug-likeness (QED) is 0.861. The Morgan fingerprint density at radius 3 is 2.85 bits per heavy atom. The Bertz CT molecular complexity index is 635. The first kappa shape index (κ1) is 13.6. The second-order valence-corrected chi connectivity index (χ2v) is 3.99. The monoisotopic (exact) mass is 276 g/mol. The number of carbonyl (C=O) groups excluding carboxylic acids is 1. The van der Waals surface area contributed by atoms with Gasteiger partial charge in [-0.25, -0.2) is 4.79 Å². The summed E-state index contributed by atoms with van der Waals surface area (Å²) in [6, 6.07) is 7.92. The van der Waals surface area contributed by atoms with Crippen LogP contribution in [0.5, 0.6) is 5.75 Å². The number of carbonyl (C=O) groups is 2. The minimum Gasteiger partial charge on any atom is -0.482 e. The molecular weight excluding hydrogens is 264 g/mol. The first-order valence-electron chi connectivity index (χ1n) is 5.74. The molecule has 7 nitrogen and oxygen atoms in total. The van der Waals surface area contributed by atoms with Crippen LogP contribution in [0, 0.1) is 6.92 Å². The Kier molecular flexibility index (Phi) is 3.99. The lowest BCUT2D eigenvalue weighted by atomic mass is 10.3. The van der Waals surface area contributed by atoms with Crippen molar-refractivity contribution in [1.29, 1.82) is 0 Å². The van der Waals surface area contributed by atoms with Gasteiger partial charge >= 0.3 is 5.97 Å². The third-order valence-corrected chi connectivity index (χ3v) is 2.31. The molecule has 0 saturated carbocycles. The van der Waals surface area contributed by atoms with Gasteiger partial charge in [-0.05, 0) is 19.1 Å². The van der Waals surface area contributed by atoms with Crippen molar-refractivity contribution in [2.24, 2.45) is 0 Å². The number of aryl methyl sites for hydroxylation is 1.